The van der Waals surface area contributed by atoms with Gasteiger partial charge in [-0.1, -0.05) is 52.0 Å². The first-order valence-corrected chi connectivity index (χ1v) is 22.1. The Kier molecular flexibility index (Phi) is 12.4. The number of rotatable bonds is 15. The summed E-state index contributed by atoms with van der Waals surface area (Å²) in [7, 11) is 3.02. The minimum absolute atomic E-state index is 0.0441. The second-order valence-corrected chi connectivity index (χ2v) is 19.0. The molecule has 354 valence electrons. The minimum Gasteiger partial charge on any atom is -0.496 e. The van der Waals surface area contributed by atoms with E-state index in [1.165, 1.54) is 20.3 Å². The maximum Gasteiger partial charge on any atom is 0.412 e. The quantitative estimate of drug-likeness (QED) is 0.121. The first-order valence-electron chi connectivity index (χ1n) is 22.1. The zero-order valence-corrected chi connectivity index (χ0v) is 38.7. The molecule has 3 aromatic carbocycles. The number of amides is 4. The molecule has 7 rings (SSSR count). The van der Waals surface area contributed by atoms with Crippen molar-refractivity contribution in [2.75, 3.05) is 32.2 Å². The van der Waals surface area contributed by atoms with Crippen molar-refractivity contribution in [2.45, 2.75) is 115 Å². The van der Waals surface area contributed by atoms with Gasteiger partial charge < -0.3 is 46.8 Å². The maximum atomic E-state index is 15.5. The number of carbonyl (C=O) groups excluding carboxylic acids is 6. The number of hydrogen-bond donors (Lipinski definition) is 4. The van der Waals surface area contributed by atoms with Crippen LogP contribution < -0.4 is 37.3 Å². The number of benzene rings is 3. The number of carbonyl (C=O) groups is 6. The van der Waals surface area contributed by atoms with Gasteiger partial charge in [0.1, 0.15) is 17.3 Å². The van der Waals surface area contributed by atoms with Crippen molar-refractivity contribution in [1.82, 2.24) is 9.80 Å². The molecule has 2 fully saturated rings. The molecule has 0 radical (unpaired) electrons. The largest absolute Gasteiger partial charge is 0.496 e. The zero-order valence-electron chi connectivity index (χ0n) is 38.7. The number of methoxy groups -OCH3 is 2. The van der Waals surface area contributed by atoms with Crippen LogP contribution in [0.2, 0.25) is 0 Å². The van der Waals surface area contributed by atoms with E-state index in [2.05, 4.69) is 0 Å². The van der Waals surface area contributed by atoms with Crippen molar-refractivity contribution in [3.05, 3.63) is 87.7 Å². The second kappa shape index (κ2) is 17.2. The lowest BCUT2D eigenvalue weighted by molar-refractivity contribution is -0.172. The van der Waals surface area contributed by atoms with E-state index in [-0.39, 0.29) is 31.5 Å². The van der Waals surface area contributed by atoms with Gasteiger partial charge in [0, 0.05) is 29.6 Å². The summed E-state index contributed by atoms with van der Waals surface area (Å²) in [5, 5.41) is 0. The van der Waals surface area contributed by atoms with Crippen molar-refractivity contribution in [3.8, 4) is 11.5 Å². The normalized spacial score (nSPS) is 22.3. The summed E-state index contributed by atoms with van der Waals surface area (Å²) < 4.78 is 37.6. The maximum absolute atomic E-state index is 15.5. The Balaban J connectivity index is 1.49. The van der Waals surface area contributed by atoms with Crippen LogP contribution in [0, 0.1) is 30.5 Å². The fraction of sp³-hybridized carbons (Fsp3) is 0.500. The van der Waals surface area contributed by atoms with Crippen LogP contribution in [-0.2, 0) is 41.5 Å². The van der Waals surface area contributed by atoms with Gasteiger partial charge in [0.25, 0.3) is 0 Å². The van der Waals surface area contributed by atoms with Crippen molar-refractivity contribution in [3.63, 3.8) is 0 Å². The van der Waals surface area contributed by atoms with E-state index in [1.807, 2.05) is 29.2 Å². The van der Waals surface area contributed by atoms with Crippen LogP contribution in [0.5, 0.6) is 11.5 Å². The highest BCUT2D eigenvalue weighted by atomic mass is 19.1. The summed E-state index contributed by atoms with van der Waals surface area (Å²) in [5.74, 6) is -5.57. The van der Waals surface area contributed by atoms with E-state index in [1.54, 1.807) is 69.5 Å². The van der Waals surface area contributed by atoms with Gasteiger partial charge >= 0.3 is 24.1 Å². The molecule has 0 spiro atoms. The average molecular weight is 914 g/mol. The number of esters is 2. The van der Waals surface area contributed by atoms with Gasteiger partial charge in [-0.3, -0.25) is 19.4 Å². The molecule has 2 aliphatic heterocycles. The van der Waals surface area contributed by atoms with Crippen molar-refractivity contribution >= 4 is 41.6 Å². The van der Waals surface area contributed by atoms with Gasteiger partial charge in [-0.25, -0.2) is 23.6 Å². The van der Waals surface area contributed by atoms with E-state index >= 15 is 14.0 Å². The number of hydrogen-bond acceptors (Lipinski definition) is 13. The Morgan fingerprint density at radius 2 is 1.05 bits per heavy atom. The number of likely N-dealkylation sites (tertiary alicyclic amines) is 2. The SMILES string of the molecule is COc1ccc2cc1C(C(C)(C)[C@](C(N)=O)(C(=O)OC(N)=O)N1CCCC1N(c1ccc(F)c(C)c1C)C1CCCN1[C@@](C(N)=O)(C(=O)OC(N)=O)C(C)(C)C1Cc3ccc(OC)c1c3)C2. The van der Waals surface area contributed by atoms with E-state index in [9.17, 15) is 19.2 Å². The van der Waals surface area contributed by atoms with Crippen LogP contribution in [0.15, 0.2) is 48.5 Å². The molecule has 0 saturated carbocycles. The molecule has 4 aliphatic rings. The van der Waals surface area contributed by atoms with E-state index in [0.29, 0.717) is 59.6 Å². The van der Waals surface area contributed by atoms with Gasteiger partial charge in [0.15, 0.2) is 0 Å². The monoisotopic (exact) mass is 913 g/mol. The van der Waals surface area contributed by atoms with Gasteiger partial charge in [0.2, 0.25) is 22.9 Å². The Morgan fingerprint density at radius 1 is 0.636 bits per heavy atom. The van der Waals surface area contributed by atoms with Crippen LogP contribution in [0.4, 0.5) is 19.7 Å². The minimum atomic E-state index is -2.45. The number of primary amides is 4. The number of nitrogens with zero attached hydrogens (tertiary/aromatic N) is 3. The Hall–Kier alpha value is -6.27. The van der Waals surface area contributed by atoms with Gasteiger partial charge in [-0.15, -0.1) is 0 Å². The number of ether oxygens (including phenoxy) is 4. The molecule has 2 heterocycles. The molecular weight excluding hydrogens is 854 g/mol. The summed E-state index contributed by atoms with van der Waals surface area (Å²) in [4.78, 5) is 90.0. The fourth-order valence-electron chi connectivity index (χ4n) is 12.2. The predicted octanol–water partition coefficient (Wildman–Crippen LogP) is 4.53. The third kappa shape index (κ3) is 7.02. The van der Waals surface area contributed by atoms with Crippen molar-refractivity contribution in [1.29, 1.82) is 0 Å². The molecule has 4 bridgehead atoms. The van der Waals surface area contributed by atoms with E-state index < -0.39 is 87.8 Å². The Morgan fingerprint density at radius 3 is 1.41 bits per heavy atom. The summed E-state index contributed by atoms with van der Waals surface area (Å²) in [6, 6.07) is 14.1. The smallest absolute Gasteiger partial charge is 0.412 e. The third-order valence-electron chi connectivity index (χ3n) is 15.4. The summed E-state index contributed by atoms with van der Waals surface area (Å²) in [6.07, 6.45) is -3.04. The number of halogens is 1. The van der Waals surface area contributed by atoms with Crippen LogP contribution in [0.1, 0.15) is 98.6 Å². The molecule has 3 aromatic rings. The number of fused-ring (bicyclic) bond motifs is 4. The average Bonchev–Trinajstić information content (AvgIpc) is 4.05. The van der Waals surface area contributed by atoms with Gasteiger partial charge in [-0.05, 0) is 122 Å². The highest BCUT2D eigenvalue weighted by Crippen LogP contribution is 2.58. The van der Waals surface area contributed by atoms with Gasteiger partial charge in [0.05, 0.1) is 26.6 Å². The molecule has 2 aliphatic carbocycles. The Bertz CT molecular complexity index is 2370. The highest BCUT2D eigenvalue weighted by Gasteiger charge is 2.70. The fourth-order valence-corrected chi connectivity index (χ4v) is 12.2. The molecule has 6 atom stereocenters. The van der Waals surface area contributed by atoms with E-state index in [4.69, 9.17) is 41.9 Å². The third-order valence-corrected chi connectivity index (χ3v) is 15.4. The molecule has 0 aromatic heterocycles. The first-order chi connectivity index (χ1) is 31.0. The highest BCUT2D eigenvalue weighted by molar-refractivity contribution is 6.11. The molecular formula is C48H60FN7O10. The number of nitrogens with two attached hydrogens (primary N) is 4. The molecule has 2 saturated heterocycles. The summed E-state index contributed by atoms with van der Waals surface area (Å²) >= 11 is 0. The van der Waals surface area contributed by atoms with Crippen LogP contribution >= 0.6 is 0 Å². The van der Waals surface area contributed by atoms with Crippen molar-refractivity contribution < 1.29 is 52.1 Å². The lowest BCUT2D eigenvalue weighted by Crippen LogP contribution is -2.77. The molecule has 18 heteroatoms. The zero-order chi connectivity index (χ0) is 48.4. The molecule has 17 nitrogen and oxygen atoms in total. The predicted molar refractivity (Wildman–Crippen MR) is 239 cm³/mol. The lowest BCUT2D eigenvalue weighted by atomic mass is 9.60. The van der Waals surface area contributed by atoms with Crippen LogP contribution in [0.25, 0.3) is 0 Å². The van der Waals surface area contributed by atoms with Crippen LogP contribution in [0.3, 0.4) is 0 Å². The van der Waals surface area contributed by atoms with Crippen LogP contribution in [-0.4, -0.2) is 96.5 Å². The first kappa shape index (κ1) is 47.7. The van der Waals surface area contributed by atoms with E-state index in [0.717, 1.165) is 11.1 Å². The second-order valence-electron chi connectivity index (χ2n) is 19.0. The molecule has 8 N–H and O–H groups in total. The standard InChI is InChI=1S/C48H60FN7O10/c1-25-26(2)34(16-15-33(25)49)56(37-11-9-19-54(37)47(39(50)57,41(59)65-43(52)61)45(3,4)31-23-27-13-17-35(63-7)29(31)21-27)38-12-10-20-55(38)48(40(51)58,42(60)66-44(53)62)46(5,6)32-24-28-14-18-36(64-8)30(32)22-28/h13-18,21-22,31-32,37-38H,9-12,19-20,23-24H2,1-8H3,(H2,50,57)(H2,51,58)(H2,52,61)(H2,53,62)/t31?,32?,37?,38?,47-,48-/m0/s1. The lowest BCUT2D eigenvalue weighted by Gasteiger charge is -2.57. The summed E-state index contributed by atoms with van der Waals surface area (Å²) in [5.41, 5.74) is 20.7. The molecule has 4 unspecified atom stereocenters. The summed E-state index contributed by atoms with van der Waals surface area (Å²) in [6.45, 7) is 10.2. The van der Waals surface area contributed by atoms with Gasteiger partial charge in [-0.2, -0.15) is 0 Å². The molecule has 66 heavy (non-hydrogen) atoms. The van der Waals surface area contributed by atoms with Crippen molar-refractivity contribution in [2.24, 2.45) is 33.8 Å². The number of anilines is 1. The topological polar surface area (TPSA) is 253 Å². The Labute approximate surface area is 383 Å². The molecule has 4 amide bonds.